The van der Waals surface area contributed by atoms with Gasteiger partial charge < -0.3 is 10.2 Å². The zero-order valence-corrected chi connectivity index (χ0v) is 19.6. The molecule has 0 bridgehead atoms. The topological polar surface area (TPSA) is 199 Å². The molecule has 0 aliphatic rings. The van der Waals surface area contributed by atoms with E-state index in [9.17, 15) is 36.2 Å². The maximum Gasteiger partial charge on any atom is 0.296 e. The van der Waals surface area contributed by atoms with E-state index in [1.54, 1.807) is 0 Å². The van der Waals surface area contributed by atoms with Gasteiger partial charge >= 0.3 is 0 Å². The molecule has 0 aromatic heterocycles. The minimum absolute atomic E-state index is 0.0750. The lowest BCUT2D eigenvalue weighted by Gasteiger charge is -2.08. The van der Waals surface area contributed by atoms with Crippen LogP contribution < -0.4 is 0 Å². The lowest BCUT2D eigenvalue weighted by Crippen LogP contribution is -1.97. The SMILES string of the molecule is O=S(=O)(O)c1ccccc1N=Nc1ccc2ccc(N=Nc3ccccc3S(=O)(=O)O)c(O)c2c1O. The molecule has 4 aromatic rings. The first-order valence-electron chi connectivity index (χ1n) is 9.91. The summed E-state index contributed by atoms with van der Waals surface area (Å²) in [6.45, 7) is 0. The third-order valence-electron chi connectivity index (χ3n) is 4.91. The number of hydrogen-bond acceptors (Lipinski definition) is 10. The number of azo groups is 2. The Labute approximate surface area is 204 Å². The van der Waals surface area contributed by atoms with E-state index in [-0.39, 0.29) is 28.1 Å². The molecule has 0 unspecified atom stereocenters. The highest BCUT2D eigenvalue weighted by atomic mass is 32.2. The Balaban J connectivity index is 1.77. The van der Waals surface area contributed by atoms with Gasteiger partial charge in [-0.3, -0.25) is 9.11 Å². The minimum Gasteiger partial charge on any atom is -0.505 e. The minimum atomic E-state index is -4.57. The third kappa shape index (κ3) is 5.06. The van der Waals surface area contributed by atoms with E-state index in [0.717, 1.165) is 12.1 Å². The molecule has 0 fully saturated rings. The van der Waals surface area contributed by atoms with Gasteiger partial charge in [0.05, 0.1) is 5.39 Å². The van der Waals surface area contributed by atoms with E-state index in [4.69, 9.17) is 0 Å². The van der Waals surface area contributed by atoms with E-state index >= 15 is 0 Å². The summed E-state index contributed by atoms with van der Waals surface area (Å²) >= 11 is 0. The second kappa shape index (κ2) is 9.43. The first kappa shape index (κ1) is 24.9. The molecule has 0 radical (unpaired) electrons. The van der Waals surface area contributed by atoms with Gasteiger partial charge in [-0.2, -0.15) is 16.8 Å². The summed E-state index contributed by atoms with van der Waals surface area (Å²) in [6.07, 6.45) is 0. The smallest absolute Gasteiger partial charge is 0.296 e. The van der Waals surface area contributed by atoms with Crippen molar-refractivity contribution >= 4 is 53.8 Å². The van der Waals surface area contributed by atoms with Gasteiger partial charge in [0.1, 0.15) is 32.5 Å². The van der Waals surface area contributed by atoms with Gasteiger partial charge in [-0.25, -0.2) is 0 Å². The van der Waals surface area contributed by atoms with Gasteiger partial charge in [-0.15, -0.1) is 20.5 Å². The summed E-state index contributed by atoms with van der Waals surface area (Å²) in [6, 6.07) is 16.4. The molecule has 0 atom stereocenters. The summed E-state index contributed by atoms with van der Waals surface area (Å²) in [7, 11) is -9.14. The van der Waals surface area contributed by atoms with Crippen molar-refractivity contribution in [1.29, 1.82) is 0 Å². The molecule has 0 aliphatic heterocycles. The van der Waals surface area contributed by atoms with E-state index in [1.165, 1.54) is 60.7 Å². The Kier molecular flexibility index (Phi) is 6.51. The standard InChI is InChI=1S/C22H16N4O8S2/c27-21-16(25-23-14-5-1-3-7-18(14)35(29,30)31)11-9-13-10-12-17(22(28)20(13)21)26-24-15-6-2-4-8-19(15)36(32,33)34/h1-12,27-28H,(H,29,30,31)(H,32,33,34). The summed E-state index contributed by atoms with van der Waals surface area (Å²) in [5, 5.41) is 37.0. The van der Waals surface area contributed by atoms with Crippen molar-refractivity contribution in [3.05, 3.63) is 72.8 Å². The van der Waals surface area contributed by atoms with Gasteiger partial charge in [0.15, 0.2) is 11.5 Å². The van der Waals surface area contributed by atoms with Crippen LogP contribution in [0.2, 0.25) is 0 Å². The monoisotopic (exact) mass is 528 g/mol. The molecular formula is C22H16N4O8S2. The van der Waals surface area contributed by atoms with Crippen molar-refractivity contribution in [2.75, 3.05) is 0 Å². The number of phenolic OH excluding ortho intramolecular Hbond substituents is 2. The number of hydrogen-bond donors (Lipinski definition) is 4. The fourth-order valence-electron chi connectivity index (χ4n) is 3.25. The highest BCUT2D eigenvalue weighted by molar-refractivity contribution is 7.86. The predicted molar refractivity (Wildman–Crippen MR) is 128 cm³/mol. The Hall–Kier alpha value is -4.24. The first-order chi connectivity index (χ1) is 17.0. The van der Waals surface area contributed by atoms with E-state index < -0.39 is 41.5 Å². The second-order valence-electron chi connectivity index (χ2n) is 7.25. The van der Waals surface area contributed by atoms with E-state index in [2.05, 4.69) is 20.5 Å². The van der Waals surface area contributed by atoms with Crippen molar-refractivity contribution < 1.29 is 36.2 Å². The number of phenols is 2. The number of rotatable bonds is 6. The van der Waals surface area contributed by atoms with Crippen molar-refractivity contribution in [3.8, 4) is 11.5 Å². The lowest BCUT2D eigenvalue weighted by atomic mass is 10.1. The number of nitrogens with zero attached hydrogens (tertiary/aromatic N) is 4. The largest absolute Gasteiger partial charge is 0.505 e. The zero-order valence-electron chi connectivity index (χ0n) is 18.0. The number of aromatic hydroxyl groups is 2. The maximum absolute atomic E-state index is 11.5. The Morgan fingerprint density at radius 1 is 0.500 bits per heavy atom. The average molecular weight is 529 g/mol. The molecule has 0 saturated heterocycles. The van der Waals surface area contributed by atoms with E-state index in [1.807, 2.05) is 0 Å². The first-order valence-corrected chi connectivity index (χ1v) is 12.8. The van der Waals surface area contributed by atoms with Gasteiger partial charge in [0, 0.05) is 0 Å². The van der Waals surface area contributed by atoms with Crippen LogP contribution in [0.5, 0.6) is 11.5 Å². The highest BCUT2D eigenvalue weighted by Crippen LogP contribution is 2.45. The van der Waals surface area contributed by atoms with Gasteiger partial charge in [-0.05, 0) is 41.8 Å². The zero-order chi connectivity index (χ0) is 26.1. The van der Waals surface area contributed by atoms with Crippen LogP contribution >= 0.6 is 0 Å². The quantitative estimate of drug-likeness (QED) is 0.184. The van der Waals surface area contributed by atoms with Gasteiger partial charge in [-0.1, -0.05) is 36.4 Å². The lowest BCUT2D eigenvalue weighted by molar-refractivity contribution is 0.465. The van der Waals surface area contributed by atoms with Crippen molar-refractivity contribution in [1.82, 2.24) is 0 Å². The molecule has 0 amide bonds. The fraction of sp³-hybridized carbons (Fsp3) is 0. The van der Waals surface area contributed by atoms with Crippen LogP contribution in [-0.2, 0) is 20.2 Å². The molecule has 36 heavy (non-hydrogen) atoms. The highest BCUT2D eigenvalue weighted by Gasteiger charge is 2.17. The molecule has 0 aliphatic carbocycles. The van der Waals surface area contributed by atoms with Crippen LogP contribution in [-0.4, -0.2) is 36.2 Å². The Bertz CT molecular complexity index is 1640. The Morgan fingerprint density at radius 2 is 0.861 bits per heavy atom. The third-order valence-corrected chi connectivity index (χ3v) is 6.71. The summed E-state index contributed by atoms with van der Waals surface area (Å²) in [5.74, 6) is -1.01. The molecule has 0 heterocycles. The molecule has 184 valence electrons. The molecule has 4 aromatic carbocycles. The molecule has 4 N–H and O–H groups in total. The normalized spacial score (nSPS) is 12.6. The van der Waals surface area contributed by atoms with Crippen LogP contribution in [0.25, 0.3) is 10.8 Å². The van der Waals surface area contributed by atoms with Gasteiger partial charge in [0.2, 0.25) is 0 Å². The molecule has 0 saturated carbocycles. The van der Waals surface area contributed by atoms with Crippen molar-refractivity contribution in [3.63, 3.8) is 0 Å². The van der Waals surface area contributed by atoms with Crippen LogP contribution in [0.4, 0.5) is 22.7 Å². The summed E-state index contributed by atoms with van der Waals surface area (Å²) in [4.78, 5) is -0.963. The molecule has 0 spiro atoms. The van der Waals surface area contributed by atoms with Crippen LogP contribution in [0.15, 0.2) is 103 Å². The fourth-order valence-corrected chi connectivity index (χ4v) is 4.50. The van der Waals surface area contributed by atoms with Crippen molar-refractivity contribution in [2.45, 2.75) is 9.79 Å². The average Bonchev–Trinajstić information content (AvgIpc) is 2.82. The summed E-state index contributed by atoms with van der Waals surface area (Å²) < 4.78 is 64.8. The Morgan fingerprint density at radius 3 is 1.25 bits per heavy atom. The predicted octanol–water partition coefficient (Wildman–Crippen LogP) is 5.58. The molecule has 14 heteroatoms. The molecular weight excluding hydrogens is 512 g/mol. The number of fused-ring (bicyclic) bond motifs is 1. The van der Waals surface area contributed by atoms with Crippen LogP contribution in [0.1, 0.15) is 0 Å². The van der Waals surface area contributed by atoms with Crippen LogP contribution in [0.3, 0.4) is 0 Å². The summed E-state index contributed by atoms with van der Waals surface area (Å²) in [5.41, 5.74) is -0.616. The maximum atomic E-state index is 11.5. The van der Waals surface area contributed by atoms with Crippen LogP contribution in [0, 0.1) is 0 Å². The van der Waals surface area contributed by atoms with E-state index in [0.29, 0.717) is 5.39 Å². The van der Waals surface area contributed by atoms with Gasteiger partial charge in [0.25, 0.3) is 20.2 Å². The molecule has 4 rings (SSSR count). The second-order valence-corrected chi connectivity index (χ2v) is 10.0. The number of benzene rings is 4. The van der Waals surface area contributed by atoms with Crippen molar-refractivity contribution in [2.24, 2.45) is 20.5 Å². The molecule has 12 nitrogen and oxygen atoms in total.